The molecule has 3 heteroatoms. The summed E-state index contributed by atoms with van der Waals surface area (Å²) < 4.78 is 0.885. The molecule has 0 fully saturated rings. The van der Waals surface area contributed by atoms with E-state index in [9.17, 15) is 5.11 Å². The van der Waals surface area contributed by atoms with E-state index in [1.165, 1.54) is 0 Å². The third kappa shape index (κ3) is 1.67. The van der Waals surface area contributed by atoms with E-state index in [1.807, 2.05) is 12.1 Å². The van der Waals surface area contributed by atoms with Gasteiger partial charge < -0.3 is 5.11 Å². The minimum Gasteiger partial charge on any atom is -0.508 e. The van der Waals surface area contributed by atoms with Gasteiger partial charge in [0.1, 0.15) is 5.75 Å². The highest BCUT2D eigenvalue weighted by Gasteiger charge is 1.97. The molecule has 0 saturated carbocycles. The van der Waals surface area contributed by atoms with E-state index in [0.717, 1.165) is 10.0 Å². The number of thiol groups is 1. The number of phenolic OH excluding ortho intramolecular Hbond substituents is 1. The summed E-state index contributed by atoms with van der Waals surface area (Å²) in [6.07, 6.45) is 0. The van der Waals surface area contributed by atoms with Gasteiger partial charge in [-0.3, -0.25) is 0 Å². The number of benzene rings is 1. The van der Waals surface area contributed by atoms with Crippen LogP contribution in [0.5, 0.6) is 5.75 Å². The SMILES string of the molecule is Oc1cc(Br)ccc1CS. The Kier molecular flexibility index (Phi) is 2.63. The standard InChI is InChI=1S/C7H7BrOS/c8-6-2-1-5(4-10)7(9)3-6/h1-3,9-10H,4H2. The van der Waals surface area contributed by atoms with Crippen LogP contribution in [0.2, 0.25) is 0 Å². The lowest BCUT2D eigenvalue weighted by Gasteiger charge is -1.99. The molecule has 0 aliphatic rings. The van der Waals surface area contributed by atoms with Crippen molar-refractivity contribution in [3.8, 4) is 5.75 Å². The lowest BCUT2D eigenvalue weighted by molar-refractivity contribution is 0.470. The van der Waals surface area contributed by atoms with Crippen molar-refractivity contribution in [3.05, 3.63) is 28.2 Å². The highest BCUT2D eigenvalue weighted by molar-refractivity contribution is 9.10. The Morgan fingerprint density at radius 1 is 1.50 bits per heavy atom. The van der Waals surface area contributed by atoms with Crippen molar-refractivity contribution in [3.63, 3.8) is 0 Å². The molecule has 1 aromatic rings. The zero-order valence-corrected chi connectivity index (χ0v) is 7.69. The number of phenols is 1. The summed E-state index contributed by atoms with van der Waals surface area (Å²) in [6, 6.07) is 5.38. The Hall–Kier alpha value is -0.150. The first-order valence-corrected chi connectivity index (χ1v) is 4.25. The molecule has 0 atom stereocenters. The predicted octanol–water partition coefficient (Wildman–Crippen LogP) is 2.58. The molecule has 0 spiro atoms. The molecular formula is C7H7BrOS. The molecule has 0 saturated heterocycles. The van der Waals surface area contributed by atoms with Gasteiger partial charge in [-0.05, 0) is 12.1 Å². The van der Waals surface area contributed by atoms with Crippen molar-refractivity contribution >= 4 is 28.6 Å². The second-order valence-electron chi connectivity index (χ2n) is 1.93. The third-order valence-electron chi connectivity index (χ3n) is 1.22. The summed E-state index contributed by atoms with van der Waals surface area (Å²) in [6.45, 7) is 0. The van der Waals surface area contributed by atoms with Crippen LogP contribution < -0.4 is 0 Å². The van der Waals surface area contributed by atoms with Crippen LogP contribution in [0.3, 0.4) is 0 Å². The number of hydrogen-bond donors (Lipinski definition) is 2. The molecule has 1 N–H and O–H groups in total. The van der Waals surface area contributed by atoms with Crippen LogP contribution in [0.15, 0.2) is 22.7 Å². The second-order valence-corrected chi connectivity index (χ2v) is 3.16. The average Bonchev–Trinajstić information content (AvgIpc) is 1.88. The van der Waals surface area contributed by atoms with Gasteiger partial charge in [-0.25, -0.2) is 0 Å². The van der Waals surface area contributed by atoms with Gasteiger partial charge in [-0.2, -0.15) is 12.6 Å². The van der Waals surface area contributed by atoms with Gasteiger partial charge in [0.2, 0.25) is 0 Å². The molecule has 0 radical (unpaired) electrons. The molecule has 0 unspecified atom stereocenters. The van der Waals surface area contributed by atoms with Crippen LogP contribution >= 0.6 is 28.6 Å². The molecule has 0 bridgehead atoms. The minimum absolute atomic E-state index is 0.296. The molecule has 0 aromatic heterocycles. The van der Waals surface area contributed by atoms with Crippen molar-refractivity contribution in [1.82, 2.24) is 0 Å². The Labute approximate surface area is 73.6 Å². The van der Waals surface area contributed by atoms with E-state index < -0.39 is 0 Å². The maximum atomic E-state index is 9.21. The first kappa shape index (κ1) is 7.95. The molecule has 54 valence electrons. The van der Waals surface area contributed by atoms with E-state index in [1.54, 1.807) is 6.07 Å². The molecule has 0 amide bonds. The molecule has 0 heterocycles. The maximum Gasteiger partial charge on any atom is 0.120 e. The zero-order valence-electron chi connectivity index (χ0n) is 5.21. The van der Waals surface area contributed by atoms with E-state index >= 15 is 0 Å². The van der Waals surface area contributed by atoms with Gasteiger partial charge in [0.25, 0.3) is 0 Å². The lowest BCUT2D eigenvalue weighted by atomic mass is 10.2. The fourth-order valence-corrected chi connectivity index (χ4v) is 1.29. The van der Waals surface area contributed by atoms with Crippen molar-refractivity contribution in [2.24, 2.45) is 0 Å². The van der Waals surface area contributed by atoms with Gasteiger partial charge in [0.05, 0.1) is 0 Å². The summed E-state index contributed by atoms with van der Waals surface area (Å²) in [5.41, 5.74) is 0.853. The summed E-state index contributed by atoms with van der Waals surface area (Å²) in [5, 5.41) is 9.21. The topological polar surface area (TPSA) is 20.2 Å². The van der Waals surface area contributed by atoms with Crippen molar-refractivity contribution in [1.29, 1.82) is 0 Å². The van der Waals surface area contributed by atoms with Crippen molar-refractivity contribution in [2.45, 2.75) is 5.75 Å². The maximum absolute atomic E-state index is 9.21. The third-order valence-corrected chi connectivity index (χ3v) is 2.05. The molecule has 1 nitrogen and oxygen atoms in total. The van der Waals surface area contributed by atoms with Gasteiger partial charge in [0.15, 0.2) is 0 Å². The molecule has 0 aliphatic carbocycles. The van der Waals surface area contributed by atoms with Crippen molar-refractivity contribution < 1.29 is 5.11 Å². The van der Waals surface area contributed by atoms with Crippen molar-refractivity contribution in [2.75, 3.05) is 0 Å². The molecule has 10 heavy (non-hydrogen) atoms. The second kappa shape index (κ2) is 3.30. The largest absolute Gasteiger partial charge is 0.508 e. The Morgan fingerprint density at radius 3 is 2.70 bits per heavy atom. The lowest BCUT2D eigenvalue weighted by Crippen LogP contribution is -1.77. The Bertz CT molecular complexity index is 237. The van der Waals surface area contributed by atoms with Crippen LogP contribution in [0.1, 0.15) is 5.56 Å². The van der Waals surface area contributed by atoms with Crippen LogP contribution in [0.25, 0.3) is 0 Å². The van der Waals surface area contributed by atoms with Gasteiger partial charge in [-0.15, -0.1) is 0 Å². The Morgan fingerprint density at radius 2 is 2.20 bits per heavy atom. The van der Waals surface area contributed by atoms with Crippen LogP contribution in [0.4, 0.5) is 0 Å². The highest BCUT2D eigenvalue weighted by Crippen LogP contribution is 2.22. The number of halogens is 1. The van der Waals surface area contributed by atoms with E-state index in [2.05, 4.69) is 28.6 Å². The average molecular weight is 219 g/mol. The molecule has 1 rings (SSSR count). The predicted molar refractivity (Wildman–Crippen MR) is 48.5 cm³/mol. The summed E-state index contributed by atoms with van der Waals surface area (Å²) in [7, 11) is 0. The number of rotatable bonds is 1. The van der Waals surface area contributed by atoms with Gasteiger partial charge in [-0.1, -0.05) is 22.0 Å². The summed E-state index contributed by atoms with van der Waals surface area (Å²) >= 11 is 7.28. The van der Waals surface area contributed by atoms with Gasteiger partial charge in [0, 0.05) is 15.8 Å². The number of hydrogen-bond acceptors (Lipinski definition) is 2. The first-order valence-electron chi connectivity index (χ1n) is 2.82. The zero-order chi connectivity index (χ0) is 7.56. The van der Waals surface area contributed by atoms with Gasteiger partial charge >= 0.3 is 0 Å². The highest BCUT2D eigenvalue weighted by atomic mass is 79.9. The normalized spacial score (nSPS) is 9.80. The number of aromatic hydroxyl groups is 1. The van der Waals surface area contributed by atoms with E-state index in [4.69, 9.17) is 0 Å². The fraction of sp³-hybridized carbons (Fsp3) is 0.143. The summed E-state index contributed by atoms with van der Waals surface area (Å²) in [5.74, 6) is 0.864. The molecule has 0 aliphatic heterocycles. The summed E-state index contributed by atoms with van der Waals surface area (Å²) in [4.78, 5) is 0. The van der Waals surface area contributed by atoms with Crippen LogP contribution in [-0.4, -0.2) is 5.11 Å². The Balaban J connectivity index is 3.07. The first-order chi connectivity index (χ1) is 4.74. The van der Waals surface area contributed by atoms with E-state index in [-0.39, 0.29) is 0 Å². The molecule has 1 aromatic carbocycles. The van der Waals surface area contributed by atoms with Crippen LogP contribution in [-0.2, 0) is 5.75 Å². The van der Waals surface area contributed by atoms with E-state index in [0.29, 0.717) is 11.5 Å². The monoisotopic (exact) mass is 218 g/mol. The smallest absolute Gasteiger partial charge is 0.120 e. The fourth-order valence-electron chi connectivity index (χ4n) is 0.671. The quantitative estimate of drug-likeness (QED) is 0.695. The molecular weight excluding hydrogens is 212 g/mol. The minimum atomic E-state index is 0.296. The van der Waals surface area contributed by atoms with Crippen LogP contribution in [0, 0.1) is 0 Å².